The lowest BCUT2D eigenvalue weighted by Gasteiger charge is -2.03. The Kier molecular flexibility index (Phi) is 2.70. The molecular weight excluding hydrogens is 201 g/mol. The molecule has 0 aliphatic carbocycles. The monoisotopic (exact) mass is 211 g/mol. The number of hydrogen-bond acceptors (Lipinski definition) is 1. The Morgan fingerprint density at radius 2 is 2.06 bits per heavy atom. The molecular formula is C14H10FN. The first-order valence-electron chi connectivity index (χ1n) is 4.90. The Morgan fingerprint density at radius 1 is 1.25 bits per heavy atom. The molecule has 0 fully saturated rings. The molecule has 78 valence electrons. The van der Waals surface area contributed by atoms with Crippen LogP contribution >= 0.6 is 0 Å². The van der Waals surface area contributed by atoms with Gasteiger partial charge in [-0.3, -0.25) is 4.98 Å². The number of benzene rings is 1. The van der Waals surface area contributed by atoms with Crippen molar-refractivity contribution >= 4 is 0 Å². The summed E-state index contributed by atoms with van der Waals surface area (Å²) in [6.07, 6.45) is 6.79. The summed E-state index contributed by atoms with van der Waals surface area (Å²) < 4.78 is 13.6. The van der Waals surface area contributed by atoms with E-state index in [0.29, 0.717) is 16.8 Å². The number of halogens is 1. The van der Waals surface area contributed by atoms with Gasteiger partial charge in [-0.25, -0.2) is 4.39 Å². The summed E-state index contributed by atoms with van der Waals surface area (Å²) in [5, 5.41) is 0. The van der Waals surface area contributed by atoms with E-state index in [1.807, 2.05) is 13.0 Å². The zero-order chi connectivity index (χ0) is 11.5. The van der Waals surface area contributed by atoms with E-state index in [2.05, 4.69) is 10.9 Å². The van der Waals surface area contributed by atoms with E-state index in [-0.39, 0.29) is 5.82 Å². The second-order valence-electron chi connectivity index (χ2n) is 3.56. The van der Waals surface area contributed by atoms with Crippen LogP contribution in [0.1, 0.15) is 11.1 Å². The van der Waals surface area contributed by atoms with E-state index in [1.54, 1.807) is 24.4 Å². The Morgan fingerprint density at radius 3 is 2.62 bits per heavy atom. The van der Waals surface area contributed by atoms with E-state index in [4.69, 9.17) is 6.42 Å². The normalized spacial score (nSPS) is 9.81. The van der Waals surface area contributed by atoms with Crippen LogP contribution in [0.5, 0.6) is 0 Å². The van der Waals surface area contributed by atoms with Gasteiger partial charge >= 0.3 is 0 Å². The van der Waals surface area contributed by atoms with Crippen LogP contribution in [0.3, 0.4) is 0 Å². The van der Waals surface area contributed by atoms with Gasteiger partial charge in [0.2, 0.25) is 0 Å². The Balaban J connectivity index is 2.47. The van der Waals surface area contributed by atoms with Crippen LogP contribution in [0.15, 0.2) is 36.5 Å². The first-order valence-corrected chi connectivity index (χ1v) is 4.90. The topological polar surface area (TPSA) is 12.9 Å². The number of nitrogens with zero attached hydrogens (tertiary/aromatic N) is 1. The van der Waals surface area contributed by atoms with Crippen LogP contribution in [-0.4, -0.2) is 4.98 Å². The van der Waals surface area contributed by atoms with Crippen LogP contribution in [0.2, 0.25) is 0 Å². The molecule has 0 bridgehead atoms. The predicted octanol–water partition coefficient (Wildman–Crippen LogP) is 3.18. The maximum Gasteiger partial charge on any atom is 0.132 e. The van der Waals surface area contributed by atoms with E-state index in [1.165, 1.54) is 6.07 Å². The molecule has 0 aliphatic heterocycles. The minimum Gasteiger partial charge on any atom is -0.255 e. The minimum absolute atomic E-state index is 0.263. The summed E-state index contributed by atoms with van der Waals surface area (Å²) >= 11 is 0. The number of aryl methyl sites for hydroxylation is 1. The smallest absolute Gasteiger partial charge is 0.132 e. The lowest BCUT2D eigenvalue weighted by atomic mass is 10.1. The van der Waals surface area contributed by atoms with Gasteiger partial charge in [0.1, 0.15) is 5.82 Å². The number of rotatable bonds is 1. The summed E-state index contributed by atoms with van der Waals surface area (Å²) in [6, 6.07) is 8.55. The van der Waals surface area contributed by atoms with Crippen molar-refractivity contribution in [2.45, 2.75) is 6.92 Å². The van der Waals surface area contributed by atoms with Gasteiger partial charge in [0, 0.05) is 17.3 Å². The summed E-state index contributed by atoms with van der Waals surface area (Å²) in [6.45, 7) is 1.85. The Hall–Kier alpha value is -2.14. The molecule has 1 aromatic heterocycles. The maximum atomic E-state index is 13.6. The molecule has 1 aromatic carbocycles. The molecule has 1 nitrogen and oxygen atoms in total. The minimum atomic E-state index is -0.263. The van der Waals surface area contributed by atoms with Gasteiger partial charge in [0.05, 0.1) is 5.69 Å². The third-order valence-electron chi connectivity index (χ3n) is 2.33. The summed E-state index contributed by atoms with van der Waals surface area (Å²) in [5.74, 6) is 2.21. The second-order valence-corrected chi connectivity index (χ2v) is 3.56. The van der Waals surface area contributed by atoms with Crippen molar-refractivity contribution in [3.63, 3.8) is 0 Å². The zero-order valence-corrected chi connectivity index (χ0v) is 8.87. The van der Waals surface area contributed by atoms with Crippen molar-refractivity contribution in [3.05, 3.63) is 53.5 Å². The van der Waals surface area contributed by atoms with Crippen molar-refractivity contribution in [3.8, 4) is 23.6 Å². The lowest BCUT2D eigenvalue weighted by Crippen LogP contribution is -1.89. The number of aromatic nitrogens is 1. The summed E-state index contributed by atoms with van der Waals surface area (Å²) in [4.78, 5) is 4.13. The third kappa shape index (κ3) is 1.94. The largest absolute Gasteiger partial charge is 0.255 e. The number of terminal acetylenes is 1. The molecule has 0 N–H and O–H groups in total. The van der Waals surface area contributed by atoms with Crippen LogP contribution in [-0.2, 0) is 0 Å². The molecule has 1 heterocycles. The van der Waals surface area contributed by atoms with Gasteiger partial charge in [-0.05, 0) is 36.8 Å². The highest BCUT2D eigenvalue weighted by Crippen LogP contribution is 2.21. The molecule has 2 aromatic rings. The molecule has 0 aliphatic rings. The van der Waals surface area contributed by atoms with Gasteiger partial charge in [-0.1, -0.05) is 12.0 Å². The van der Waals surface area contributed by atoms with E-state index in [9.17, 15) is 4.39 Å². The summed E-state index contributed by atoms with van der Waals surface area (Å²) in [5.41, 5.74) is 2.67. The van der Waals surface area contributed by atoms with Gasteiger partial charge in [-0.2, -0.15) is 0 Å². The standard InChI is InChI=1S/C14H10FN/c1-3-11-5-7-14(16-9-11)12-6-4-10(2)8-13(12)15/h1,4-9H,2H3. The molecule has 2 rings (SSSR count). The fourth-order valence-electron chi connectivity index (χ4n) is 1.47. The third-order valence-corrected chi connectivity index (χ3v) is 2.33. The first-order chi connectivity index (χ1) is 7.70. The number of pyridine rings is 1. The molecule has 2 heteroatoms. The molecule has 0 saturated heterocycles. The average Bonchev–Trinajstić information content (AvgIpc) is 2.29. The van der Waals surface area contributed by atoms with Gasteiger partial charge in [-0.15, -0.1) is 6.42 Å². The molecule has 0 amide bonds. The Bertz CT molecular complexity index is 550. The van der Waals surface area contributed by atoms with E-state index < -0.39 is 0 Å². The van der Waals surface area contributed by atoms with Crippen LogP contribution in [0.25, 0.3) is 11.3 Å². The maximum absolute atomic E-state index is 13.6. The van der Waals surface area contributed by atoms with Crippen LogP contribution < -0.4 is 0 Å². The van der Waals surface area contributed by atoms with Gasteiger partial charge in [0.15, 0.2) is 0 Å². The lowest BCUT2D eigenvalue weighted by molar-refractivity contribution is 0.629. The van der Waals surface area contributed by atoms with Crippen LogP contribution in [0.4, 0.5) is 4.39 Å². The fourth-order valence-corrected chi connectivity index (χ4v) is 1.47. The number of hydrogen-bond donors (Lipinski definition) is 0. The van der Waals surface area contributed by atoms with E-state index in [0.717, 1.165) is 5.56 Å². The van der Waals surface area contributed by atoms with E-state index >= 15 is 0 Å². The van der Waals surface area contributed by atoms with Crippen molar-refractivity contribution in [2.75, 3.05) is 0 Å². The average molecular weight is 211 g/mol. The highest BCUT2D eigenvalue weighted by molar-refractivity contribution is 5.60. The molecule has 0 atom stereocenters. The van der Waals surface area contributed by atoms with Crippen molar-refractivity contribution < 1.29 is 4.39 Å². The van der Waals surface area contributed by atoms with Crippen LogP contribution in [0, 0.1) is 25.1 Å². The molecule has 0 spiro atoms. The van der Waals surface area contributed by atoms with Crippen molar-refractivity contribution in [1.29, 1.82) is 0 Å². The van der Waals surface area contributed by atoms with Crippen molar-refractivity contribution in [2.24, 2.45) is 0 Å². The molecule has 0 unspecified atom stereocenters. The molecule has 0 radical (unpaired) electrons. The highest BCUT2D eigenvalue weighted by atomic mass is 19.1. The Labute approximate surface area is 94.0 Å². The van der Waals surface area contributed by atoms with Crippen molar-refractivity contribution in [1.82, 2.24) is 4.98 Å². The molecule has 16 heavy (non-hydrogen) atoms. The summed E-state index contributed by atoms with van der Waals surface area (Å²) in [7, 11) is 0. The molecule has 0 saturated carbocycles. The SMILES string of the molecule is C#Cc1ccc(-c2ccc(C)cc2F)nc1. The first kappa shape index (κ1) is 10.4. The van der Waals surface area contributed by atoms with Gasteiger partial charge < -0.3 is 0 Å². The van der Waals surface area contributed by atoms with Gasteiger partial charge in [0.25, 0.3) is 0 Å². The highest BCUT2D eigenvalue weighted by Gasteiger charge is 2.05. The fraction of sp³-hybridized carbons (Fsp3) is 0.0714. The predicted molar refractivity (Wildman–Crippen MR) is 62.3 cm³/mol. The zero-order valence-electron chi connectivity index (χ0n) is 8.87. The quantitative estimate of drug-likeness (QED) is 0.660. The second kappa shape index (κ2) is 4.16.